The average Bonchev–Trinajstić information content (AvgIpc) is 3.09. The van der Waals surface area contributed by atoms with Gasteiger partial charge in [0.15, 0.2) is 0 Å². The molecule has 0 radical (unpaired) electrons. The number of rotatable bonds is 6. The molecule has 3 aromatic rings. The van der Waals surface area contributed by atoms with Crippen LogP contribution >= 0.6 is 23.2 Å². The number of aliphatic hydroxyl groups excluding tert-OH is 1. The fraction of sp³-hybridized carbons (Fsp3) is 0.154. The number of benzene rings is 3. The van der Waals surface area contributed by atoms with Crippen LogP contribution in [0.5, 0.6) is 11.5 Å². The van der Waals surface area contributed by atoms with Crippen molar-refractivity contribution in [2.24, 2.45) is 0 Å². The number of ketones is 1. The summed E-state index contributed by atoms with van der Waals surface area (Å²) in [7, 11) is 0. The Labute approximate surface area is 206 Å². The van der Waals surface area contributed by atoms with Crippen molar-refractivity contribution >= 4 is 46.3 Å². The number of phenolic OH excluding ortho intramolecular Hbond substituents is 1. The first-order valence-corrected chi connectivity index (χ1v) is 11.4. The van der Waals surface area contributed by atoms with E-state index in [0.717, 1.165) is 6.42 Å². The number of anilines is 1. The summed E-state index contributed by atoms with van der Waals surface area (Å²) in [4.78, 5) is 27.7. The van der Waals surface area contributed by atoms with Crippen LogP contribution in [-0.4, -0.2) is 28.5 Å². The third kappa shape index (κ3) is 4.47. The maximum atomic E-state index is 13.2. The number of hydrogen-bond donors (Lipinski definition) is 2. The van der Waals surface area contributed by atoms with Crippen LogP contribution in [0.4, 0.5) is 5.69 Å². The van der Waals surface area contributed by atoms with E-state index in [2.05, 4.69) is 0 Å². The van der Waals surface area contributed by atoms with Crippen LogP contribution in [0.1, 0.15) is 30.5 Å². The molecule has 3 aromatic carbocycles. The summed E-state index contributed by atoms with van der Waals surface area (Å²) in [5.74, 6) is -1.65. The molecule has 0 aromatic heterocycles. The van der Waals surface area contributed by atoms with Crippen molar-refractivity contribution in [1.29, 1.82) is 0 Å². The second kappa shape index (κ2) is 9.79. The van der Waals surface area contributed by atoms with Gasteiger partial charge in [0.1, 0.15) is 17.3 Å². The molecule has 1 amide bonds. The summed E-state index contributed by atoms with van der Waals surface area (Å²) in [6.07, 6.45) is 0.808. The van der Waals surface area contributed by atoms with Crippen LogP contribution in [0.3, 0.4) is 0 Å². The highest BCUT2D eigenvalue weighted by atomic mass is 35.5. The summed E-state index contributed by atoms with van der Waals surface area (Å²) in [6, 6.07) is 16.6. The molecule has 0 spiro atoms. The number of amides is 1. The first-order valence-electron chi connectivity index (χ1n) is 10.6. The van der Waals surface area contributed by atoms with E-state index in [0.29, 0.717) is 34.2 Å². The minimum absolute atomic E-state index is 0.0455. The highest BCUT2D eigenvalue weighted by Gasteiger charge is 2.47. The van der Waals surface area contributed by atoms with E-state index in [1.54, 1.807) is 54.6 Å². The molecular formula is C26H21Cl2NO5. The Bertz CT molecular complexity index is 1300. The number of carbonyl (C=O) groups is 2. The number of halogens is 2. The molecule has 1 heterocycles. The number of phenols is 1. The van der Waals surface area contributed by atoms with Crippen molar-refractivity contribution in [3.05, 3.63) is 93.5 Å². The maximum Gasteiger partial charge on any atom is 0.300 e. The number of aliphatic hydroxyl groups is 1. The summed E-state index contributed by atoms with van der Waals surface area (Å²) in [5.41, 5.74) is 1.02. The lowest BCUT2D eigenvalue weighted by atomic mass is 9.95. The van der Waals surface area contributed by atoms with Gasteiger partial charge in [0, 0.05) is 16.3 Å². The van der Waals surface area contributed by atoms with Gasteiger partial charge in [-0.1, -0.05) is 54.4 Å². The van der Waals surface area contributed by atoms with Gasteiger partial charge in [0.05, 0.1) is 23.2 Å². The van der Waals surface area contributed by atoms with E-state index in [-0.39, 0.29) is 22.1 Å². The Morgan fingerprint density at radius 1 is 1.03 bits per heavy atom. The predicted octanol–water partition coefficient (Wildman–Crippen LogP) is 6.11. The first kappa shape index (κ1) is 23.7. The Morgan fingerprint density at radius 3 is 2.50 bits per heavy atom. The topological polar surface area (TPSA) is 87.1 Å². The lowest BCUT2D eigenvalue weighted by molar-refractivity contribution is -0.132. The molecule has 1 saturated heterocycles. The Hall–Kier alpha value is -3.48. The molecule has 1 unspecified atom stereocenters. The number of aromatic hydroxyl groups is 1. The zero-order chi connectivity index (χ0) is 24.4. The molecule has 8 heteroatoms. The van der Waals surface area contributed by atoms with Gasteiger partial charge in [0.2, 0.25) is 0 Å². The van der Waals surface area contributed by atoms with E-state index in [1.807, 2.05) is 6.92 Å². The molecule has 1 atom stereocenters. The van der Waals surface area contributed by atoms with Crippen molar-refractivity contribution in [1.82, 2.24) is 0 Å². The molecule has 0 bridgehead atoms. The lowest BCUT2D eigenvalue weighted by Gasteiger charge is -2.26. The highest BCUT2D eigenvalue weighted by Crippen LogP contribution is 2.44. The van der Waals surface area contributed by atoms with Crippen LogP contribution < -0.4 is 9.64 Å². The van der Waals surface area contributed by atoms with Crippen molar-refractivity contribution in [3.8, 4) is 11.5 Å². The molecule has 6 nitrogen and oxygen atoms in total. The molecule has 174 valence electrons. The third-order valence-electron chi connectivity index (χ3n) is 5.40. The molecular weight excluding hydrogens is 477 g/mol. The van der Waals surface area contributed by atoms with E-state index in [1.165, 1.54) is 17.0 Å². The maximum absolute atomic E-state index is 13.2. The largest absolute Gasteiger partial charge is 0.507 e. The first-order chi connectivity index (χ1) is 16.3. The van der Waals surface area contributed by atoms with Crippen molar-refractivity contribution in [3.63, 3.8) is 0 Å². The van der Waals surface area contributed by atoms with Gasteiger partial charge < -0.3 is 14.9 Å². The van der Waals surface area contributed by atoms with Crippen LogP contribution in [0.2, 0.25) is 10.0 Å². The zero-order valence-corrected chi connectivity index (χ0v) is 19.7. The minimum Gasteiger partial charge on any atom is -0.507 e. The van der Waals surface area contributed by atoms with Gasteiger partial charge in [-0.15, -0.1) is 0 Å². The lowest BCUT2D eigenvalue weighted by Crippen LogP contribution is -2.29. The smallest absolute Gasteiger partial charge is 0.300 e. The molecule has 0 saturated carbocycles. The Balaban J connectivity index is 1.91. The number of nitrogens with zero attached hydrogens (tertiary/aromatic N) is 1. The van der Waals surface area contributed by atoms with Gasteiger partial charge in [-0.2, -0.15) is 0 Å². The summed E-state index contributed by atoms with van der Waals surface area (Å²) < 4.78 is 5.64. The van der Waals surface area contributed by atoms with Crippen LogP contribution in [0.25, 0.3) is 5.76 Å². The number of Topliss-reactive ketones (excluding diaryl/α,β-unsaturated/α-hetero) is 1. The van der Waals surface area contributed by atoms with E-state index >= 15 is 0 Å². The van der Waals surface area contributed by atoms with Gasteiger partial charge in [0.25, 0.3) is 11.7 Å². The molecule has 2 N–H and O–H groups in total. The van der Waals surface area contributed by atoms with Crippen molar-refractivity contribution in [2.45, 2.75) is 19.4 Å². The van der Waals surface area contributed by atoms with E-state index in [4.69, 9.17) is 27.9 Å². The van der Waals surface area contributed by atoms with Gasteiger partial charge >= 0.3 is 0 Å². The second-order valence-electron chi connectivity index (χ2n) is 7.74. The van der Waals surface area contributed by atoms with Gasteiger partial charge in [-0.05, 0) is 54.4 Å². The van der Waals surface area contributed by atoms with E-state index in [9.17, 15) is 19.8 Å². The molecule has 1 aliphatic heterocycles. The number of hydrogen-bond acceptors (Lipinski definition) is 5. The van der Waals surface area contributed by atoms with Gasteiger partial charge in [-0.3, -0.25) is 14.5 Å². The van der Waals surface area contributed by atoms with E-state index < -0.39 is 17.7 Å². The minimum atomic E-state index is -1.00. The monoisotopic (exact) mass is 497 g/mol. The fourth-order valence-electron chi connectivity index (χ4n) is 3.84. The molecule has 1 fully saturated rings. The van der Waals surface area contributed by atoms with Gasteiger partial charge in [-0.25, -0.2) is 0 Å². The second-order valence-corrected chi connectivity index (χ2v) is 8.58. The van der Waals surface area contributed by atoms with Crippen molar-refractivity contribution < 1.29 is 24.5 Å². The fourth-order valence-corrected chi connectivity index (χ4v) is 4.22. The third-order valence-corrected chi connectivity index (χ3v) is 5.94. The predicted molar refractivity (Wildman–Crippen MR) is 132 cm³/mol. The van der Waals surface area contributed by atoms with Crippen LogP contribution in [0.15, 0.2) is 72.3 Å². The highest BCUT2D eigenvalue weighted by molar-refractivity contribution is 6.52. The Morgan fingerprint density at radius 2 is 1.79 bits per heavy atom. The quantitative estimate of drug-likeness (QED) is 0.243. The SMILES string of the molecule is CCCOc1cccc(/C(O)=C2/C(=O)C(=O)N(c3cccc(Cl)c3)C2c2ccc(O)c(Cl)c2)c1. The average molecular weight is 498 g/mol. The molecule has 0 aliphatic carbocycles. The normalized spacial score (nSPS) is 17.3. The van der Waals surface area contributed by atoms with Crippen LogP contribution in [0, 0.1) is 0 Å². The van der Waals surface area contributed by atoms with Crippen LogP contribution in [-0.2, 0) is 9.59 Å². The number of carbonyl (C=O) groups excluding carboxylic acids is 2. The number of ether oxygens (including phenoxy) is 1. The molecule has 4 rings (SSSR count). The molecule has 34 heavy (non-hydrogen) atoms. The summed E-state index contributed by atoms with van der Waals surface area (Å²) in [5, 5.41) is 21.6. The Kier molecular flexibility index (Phi) is 6.82. The zero-order valence-electron chi connectivity index (χ0n) is 18.2. The molecule has 1 aliphatic rings. The standard InChI is InChI=1S/C26H21Cl2NO5/c1-2-11-34-19-8-3-5-16(12-19)24(31)22-23(15-9-10-21(30)20(28)13-15)29(26(33)25(22)32)18-7-4-6-17(27)14-18/h3-10,12-14,23,30-31H,2,11H2,1H3/b24-22-. The summed E-state index contributed by atoms with van der Waals surface area (Å²) >= 11 is 12.3. The summed E-state index contributed by atoms with van der Waals surface area (Å²) in [6.45, 7) is 2.47. The van der Waals surface area contributed by atoms with Crippen molar-refractivity contribution in [2.75, 3.05) is 11.5 Å².